The van der Waals surface area contributed by atoms with E-state index in [0.717, 1.165) is 8.31 Å². The second-order valence-corrected chi connectivity index (χ2v) is 21.2. The molecule has 0 fully saturated rings. The standard InChI is InChI=1S/C9H11BrNO2.3CH3.Sn/c1-9(2,3)13-8(12)11-6-4-5-7(11)10;;;;/h4-5H,1-3H3;3*1H3;. The maximum atomic E-state index is 12.2. The van der Waals surface area contributed by atoms with Gasteiger partial charge in [-0.2, -0.15) is 0 Å². The molecule has 0 amide bonds. The molecule has 1 heterocycles. The van der Waals surface area contributed by atoms with Crippen LogP contribution in [0.4, 0.5) is 4.79 Å². The van der Waals surface area contributed by atoms with Gasteiger partial charge in [-0.25, -0.2) is 0 Å². The van der Waals surface area contributed by atoms with Gasteiger partial charge in [0.1, 0.15) is 0 Å². The summed E-state index contributed by atoms with van der Waals surface area (Å²) in [6.07, 6.45) is -0.295. The number of aromatic nitrogens is 1. The average molecular weight is 409 g/mol. The molecule has 17 heavy (non-hydrogen) atoms. The fraction of sp³-hybridized carbons (Fsp3) is 0.583. The molecule has 1 aromatic heterocycles. The summed E-state index contributed by atoms with van der Waals surface area (Å²) in [6.45, 7) is 5.63. The van der Waals surface area contributed by atoms with Gasteiger partial charge in [0.15, 0.2) is 0 Å². The van der Waals surface area contributed by atoms with Gasteiger partial charge in [-0.05, 0) is 0 Å². The van der Waals surface area contributed by atoms with Gasteiger partial charge in [-0.3, -0.25) is 0 Å². The quantitative estimate of drug-likeness (QED) is 0.665. The molecule has 96 valence electrons. The molecule has 3 nitrogen and oxygen atoms in total. The van der Waals surface area contributed by atoms with E-state index < -0.39 is 24.0 Å². The Morgan fingerprint density at radius 2 is 1.82 bits per heavy atom. The fourth-order valence-electron chi connectivity index (χ4n) is 1.49. The van der Waals surface area contributed by atoms with Crippen molar-refractivity contribution in [1.29, 1.82) is 0 Å². The number of carbonyl (C=O) groups excluding carboxylic acids is 1. The van der Waals surface area contributed by atoms with Gasteiger partial charge in [0.2, 0.25) is 0 Å². The minimum absolute atomic E-state index is 0.295. The van der Waals surface area contributed by atoms with Crippen LogP contribution in [0.1, 0.15) is 20.8 Å². The van der Waals surface area contributed by atoms with E-state index >= 15 is 0 Å². The molecular weight excluding hydrogens is 389 g/mol. The summed E-state index contributed by atoms with van der Waals surface area (Å²) in [5.41, 5.74) is -0.467. The maximum absolute atomic E-state index is 12.2. The summed E-state index contributed by atoms with van der Waals surface area (Å²) >= 11 is 1.11. The Balaban J connectivity index is 3.14. The first-order valence-electron chi connectivity index (χ1n) is 5.63. The van der Waals surface area contributed by atoms with E-state index in [0.29, 0.717) is 0 Å². The summed E-state index contributed by atoms with van der Waals surface area (Å²) in [6, 6.07) is 3.95. The normalized spacial score (nSPS) is 12.6. The molecule has 0 atom stereocenters. The molecule has 0 aliphatic rings. The second kappa shape index (κ2) is 4.96. The van der Waals surface area contributed by atoms with Gasteiger partial charge < -0.3 is 0 Å². The molecule has 0 aliphatic heterocycles. The van der Waals surface area contributed by atoms with Gasteiger partial charge in [0.05, 0.1) is 0 Å². The van der Waals surface area contributed by atoms with Crippen LogP contribution in [-0.2, 0) is 4.74 Å². The number of ether oxygens (including phenoxy) is 1. The van der Waals surface area contributed by atoms with Crippen molar-refractivity contribution in [3.8, 4) is 0 Å². The van der Waals surface area contributed by atoms with E-state index in [1.807, 2.05) is 32.9 Å². The molecule has 0 aromatic carbocycles. The van der Waals surface area contributed by atoms with Gasteiger partial charge in [-0.1, -0.05) is 0 Å². The van der Waals surface area contributed by atoms with Crippen molar-refractivity contribution in [1.82, 2.24) is 4.57 Å². The van der Waals surface area contributed by atoms with Crippen molar-refractivity contribution in [2.24, 2.45) is 0 Å². The topological polar surface area (TPSA) is 31.2 Å². The van der Waals surface area contributed by atoms with Gasteiger partial charge in [-0.15, -0.1) is 0 Å². The Hall–Kier alpha value is 0.0287. The predicted molar refractivity (Wildman–Crippen MR) is 76.7 cm³/mol. The molecule has 0 N–H and O–H groups in total. The number of hydrogen-bond donors (Lipinski definition) is 0. The van der Waals surface area contributed by atoms with Crippen LogP contribution >= 0.6 is 15.9 Å². The number of nitrogens with zero attached hydrogens (tertiary/aromatic N) is 1. The first-order chi connectivity index (χ1) is 7.52. The Bertz CT molecular complexity index is 427. The molecule has 5 heteroatoms. The van der Waals surface area contributed by atoms with Crippen LogP contribution in [0.3, 0.4) is 0 Å². The summed E-state index contributed by atoms with van der Waals surface area (Å²) in [5.74, 6) is 0. The monoisotopic (exact) mass is 409 g/mol. The Labute approximate surface area is 116 Å². The molecule has 0 unspecified atom stereocenters. The third-order valence-electron chi connectivity index (χ3n) is 2.18. The molecule has 1 rings (SSSR count). The van der Waals surface area contributed by atoms with E-state index in [9.17, 15) is 4.79 Å². The van der Waals surface area contributed by atoms with E-state index in [2.05, 4.69) is 30.7 Å². The second-order valence-electron chi connectivity index (χ2n) is 6.11. The van der Waals surface area contributed by atoms with Crippen LogP contribution in [0.15, 0.2) is 16.7 Å². The fourth-order valence-corrected chi connectivity index (χ4v) is 6.61. The van der Waals surface area contributed by atoms with Crippen LogP contribution in [0.2, 0.25) is 14.8 Å². The Morgan fingerprint density at radius 1 is 1.29 bits per heavy atom. The molecule has 0 radical (unpaired) electrons. The van der Waals surface area contributed by atoms with Crippen molar-refractivity contribution >= 4 is 44.1 Å². The van der Waals surface area contributed by atoms with Crippen LogP contribution in [0, 0.1) is 0 Å². The van der Waals surface area contributed by atoms with Crippen molar-refractivity contribution in [3.63, 3.8) is 0 Å². The first kappa shape index (κ1) is 15.1. The molecular formula is C12H20BrNO2Sn. The summed E-state index contributed by atoms with van der Waals surface area (Å²) in [7, 11) is 0. The number of hydrogen-bond acceptors (Lipinski definition) is 2. The van der Waals surface area contributed by atoms with Crippen molar-refractivity contribution in [2.75, 3.05) is 0 Å². The molecule has 0 aliphatic carbocycles. The number of halogens is 1. The summed E-state index contributed by atoms with van der Waals surface area (Å²) in [5, 5.41) is 0. The van der Waals surface area contributed by atoms with Crippen molar-refractivity contribution < 1.29 is 9.53 Å². The van der Waals surface area contributed by atoms with Crippen LogP contribution in [-0.4, -0.2) is 34.6 Å². The van der Waals surface area contributed by atoms with E-state index in [-0.39, 0.29) is 6.09 Å². The van der Waals surface area contributed by atoms with Gasteiger partial charge in [0.25, 0.3) is 0 Å². The third kappa shape index (κ3) is 4.02. The van der Waals surface area contributed by atoms with Crippen molar-refractivity contribution in [2.45, 2.75) is 41.2 Å². The van der Waals surface area contributed by atoms with Gasteiger partial charge >= 0.3 is 116 Å². The molecule has 0 saturated carbocycles. The van der Waals surface area contributed by atoms with Crippen molar-refractivity contribution in [3.05, 3.63) is 16.7 Å². The van der Waals surface area contributed by atoms with Crippen LogP contribution in [0.25, 0.3) is 0 Å². The first-order valence-corrected chi connectivity index (χ1v) is 16.4. The summed E-state index contributed by atoms with van der Waals surface area (Å²) < 4.78 is 9.01. The number of rotatable bonds is 1. The number of carbonyl (C=O) groups is 1. The van der Waals surface area contributed by atoms with Crippen LogP contribution < -0.4 is 3.71 Å². The zero-order valence-electron chi connectivity index (χ0n) is 11.3. The molecule has 1 aromatic rings. The Kier molecular flexibility index (Phi) is 4.40. The van der Waals surface area contributed by atoms with Crippen LogP contribution in [0.5, 0.6) is 0 Å². The molecule has 0 saturated heterocycles. The van der Waals surface area contributed by atoms with E-state index in [4.69, 9.17) is 4.74 Å². The third-order valence-corrected chi connectivity index (χ3v) is 8.30. The average Bonchev–Trinajstić information content (AvgIpc) is 2.42. The van der Waals surface area contributed by atoms with Gasteiger partial charge in [0, 0.05) is 0 Å². The zero-order valence-corrected chi connectivity index (χ0v) is 15.7. The SMILES string of the molecule is CC(C)(C)OC(=O)n1c(Br)cc[c]1[Sn]([CH3])([CH3])[CH3]. The minimum atomic E-state index is -2.31. The van der Waals surface area contributed by atoms with E-state index in [1.54, 1.807) is 4.57 Å². The molecule has 0 spiro atoms. The summed E-state index contributed by atoms with van der Waals surface area (Å²) in [4.78, 5) is 19.0. The molecule has 0 bridgehead atoms. The zero-order chi connectivity index (χ0) is 13.4. The van der Waals surface area contributed by atoms with E-state index in [1.165, 1.54) is 0 Å². The predicted octanol–water partition coefficient (Wildman–Crippen LogP) is 3.58. The Morgan fingerprint density at radius 3 is 2.24 bits per heavy atom.